The van der Waals surface area contributed by atoms with Gasteiger partial charge in [0.25, 0.3) is 5.91 Å². The van der Waals surface area contributed by atoms with Gasteiger partial charge in [0.2, 0.25) is 0 Å². The van der Waals surface area contributed by atoms with Gasteiger partial charge in [0.15, 0.2) is 5.15 Å². The van der Waals surface area contributed by atoms with E-state index < -0.39 is 11.1 Å². The summed E-state index contributed by atoms with van der Waals surface area (Å²) in [5.74, 6) is 1.53. The summed E-state index contributed by atoms with van der Waals surface area (Å²) in [4.78, 5) is 20.2. The van der Waals surface area contributed by atoms with Crippen molar-refractivity contribution >= 4 is 40.6 Å². The van der Waals surface area contributed by atoms with E-state index in [1.54, 1.807) is 6.08 Å². The summed E-state index contributed by atoms with van der Waals surface area (Å²) < 4.78 is 8.26. The van der Waals surface area contributed by atoms with E-state index in [-0.39, 0.29) is 109 Å². The molecule has 222 valence electrons. The molecular weight excluding hydrogens is 676 g/mol. The minimum Gasteiger partial charge on any atom is -0.853 e. The molecule has 0 saturated heterocycles. The van der Waals surface area contributed by atoms with Crippen molar-refractivity contribution in [1.29, 1.82) is 0 Å². The molecule has 0 N–H and O–H groups in total. The number of rotatable bonds is 11. The van der Waals surface area contributed by atoms with Gasteiger partial charge in [0.1, 0.15) is 18.2 Å². The Labute approximate surface area is 360 Å². The van der Waals surface area contributed by atoms with Crippen molar-refractivity contribution < 1.29 is 117 Å². The number of halogens is 1. The van der Waals surface area contributed by atoms with Crippen molar-refractivity contribution in [3.05, 3.63) is 105 Å². The van der Waals surface area contributed by atoms with Crippen LogP contribution >= 0.6 is 23.4 Å². The average molecular weight is 702 g/mol. The topological polar surface area (TPSA) is 132 Å². The van der Waals surface area contributed by atoms with E-state index in [4.69, 9.17) is 21.3 Å². The second-order valence-corrected chi connectivity index (χ2v) is 11.4. The first-order valence-electron chi connectivity index (χ1n) is 14.0. The second-order valence-electron chi connectivity index (χ2n) is 10.1. The number of hydrogen-bond acceptors (Lipinski definition) is 8. The second kappa shape index (κ2) is 17.8. The Morgan fingerprint density at radius 1 is 1.02 bits per heavy atom. The normalized spacial score (nSPS) is 13.3. The van der Waals surface area contributed by atoms with Gasteiger partial charge in [-0.25, -0.2) is 9.98 Å². The minimum absolute atomic E-state index is 0. The number of aliphatic imine (C=N–C) groups is 1. The van der Waals surface area contributed by atoms with Gasteiger partial charge in [-0.2, -0.15) is 5.21 Å². The maximum absolute atomic E-state index is 11.8. The Hall–Kier alpha value is -1.47. The summed E-state index contributed by atoms with van der Waals surface area (Å²) in [6.07, 6.45) is 4.48. The standard InChI is InChI=1S/C32H28ClN7O3S.2K/c1-2-3-8-28-34-29(33)26(19-43-23-15-11-20(12-16-23)17-27-31(41)35-32(42)44-27)40(28)18-21-9-13-22(14-10-21)24-6-4-5-7-25(24)30-36-38-39-37-30;;/h4-7,9-17H,2-3,8,18-19H2,1H3,(H2,35,36,37,38,39,41,42);;/q;2*+1/p-2/b27-17-;;. The molecule has 0 atom stereocenters. The van der Waals surface area contributed by atoms with Crippen LogP contribution in [0.1, 0.15) is 42.4 Å². The van der Waals surface area contributed by atoms with Gasteiger partial charge >= 0.3 is 103 Å². The number of amides is 1. The molecule has 10 nitrogen and oxygen atoms in total. The van der Waals surface area contributed by atoms with Crippen LogP contribution in [0.2, 0.25) is 5.15 Å². The molecule has 3 aromatic carbocycles. The summed E-state index contributed by atoms with van der Waals surface area (Å²) in [6.45, 7) is 2.96. The maximum atomic E-state index is 11.8. The molecule has 0 bridgehead atoms. The first-order valence-corrected chi connectivity index (χ1v) is 15.2. The summed E-state index contributed by atoms with van der Waals surface area (Å²) in [5.41, 5.74) is 5.55. The molecule has 1 amide bonds. The van der Waals surface area contributed by atoms with Gasteiger partial charge in [-0.3, -0.25) is 15.1 Å². The van der Waals surface area contributed by atoms with Crippen LogP contribution in [0.5, 0.6) is 5.75 Å². The number of ether oxygens (including phenoxy) is 1. The third-order valence-corrected chi connectivity index (χ3v) is 8.18. The number of tetrazole rings is 1. The van der Waals surface area contributed by atoms with Crippen molar-refractivity contribution in [3.8, 4) is 28.3 Å². The number of aryl methyl sites for hydroxylation is 1. The molecule has 14 heteroatoms. The zero-order valence-electron chi connectivity index (χ0n) is 25.7. The Morgan fingerprint density at radius 3 is 2.41 bits per heavy atom. The number of nitrogens with zero attached hydrogens (tertiary/aromatic N) is 7. The van der Waals surface area contributed by atoms with Gasteiger partial charge in [0, 0.05) is 24.0 Å². The van der Waals surface area contributed by atoms with Crippen molar-refractivity contribution in [2.24, 2.45) is 4.99 Å². The number of carbonyl (C=O) groups is 1. The van der Waals surface area contributed by atoms with Crippen LogP contribution in [0.15, 0.2) is 82.7 Å². The van der Waals surface area contributed by atoms with Crippen LogP contribution in [0, 0.1) is 0 Å². The molecule has 0 spiro atoms. The van der Waals surface area contributed by atoms with Gasteiger partial charge in [-0.1, -0.05) is 97.4 Å². The van der Waals surface area contributed by atoms with Crippen LogP contribution in [-0.2, 0) is 24.4 Å². The van der Waals surface area contributed by atoms with Gasteiger partial charge in [-0.15, -0.1) is 0 Å². The summed E-state index contributed by atoms with van der Waals surface area (Å²) in [7, 11) is 0. The molecule has 46 heavy (non-hydrogen) atoms. The quantitative estimate of drug-likeness (QED) is 0.130. The van der Waals surface area contributed by atoms with E-state index in [2.05, 4.69) is 61.4 Å². The molecule has 6 rings (SSSR count). The van der Waals surface area contributed by atoms with Gasteiger partial charge in [-0.05, 0) is 52.4 Å². The number of carbonyl (C=O) groups excluding carboxylic acids is 1. The molecule has 1 aliphatic rings. The number of benzene rings is 3. The Morgan fingerprint density at radius 2 is 1.76 bits per heavy atom. The fourth-order valence-corrected chi connectivity index (χ4v) is 5.76. The van der Waals surface area contributed by atoms with E-state index in [0.29, 0.717) is 28.2 Å². The van der Waals surface area contributed by atoms with Gasteiger partial charge < -0.3 is 19.5 Å². The predicted molar refractivity (Wildman–Crippen MR) is 168 cm³/mol. The Balaban J connectivity index is 0.00000240. The third kappa shape index (κ3) is 9.15. The molecule has 0 aliphatic carbocycles. The first-order chi connectivity index (χ1) is 21.5. The third-order valence-electron chi connectivity index (χ3n) is 7.10. The zero-order valence-corrected chi connectivity index (χ0v) is 33.5. The van der Waals surface area contributed by atoms with Crippen LogP contribution < -0.4 is 118 Å². The number of aromatic nitrogens is 6. The molecular formula is C32H26ClK2N7O3S. The van der Waals surface area contributed by atoms with Crippen molar-refractivity contribution in [2.45, 2.75) is 39.3 Å². The van der Waals surface area contributed by atoms with Crippen molar-refractivity contribution in [2.75, 3.05) is 0 Å². The summed E-state index contributed by atoms with van der Waals surface area (Å²) >= 11 is 7.50. The Kier molecular flexibility index (Phi) is 14.4. The van der Waals surface area contributed by atoms with Crippen molar-refractivity contribution in [1.82, 2.24) is 30.2 Å². The van der Waals surface area contributed by atoms with E-state index in [1.807, 2.05) is 48.5 Å². The number of imidazole rings is 1. The molecule has 0 unspecified atom stereocenters. The maximum Gasteiger partial charge on any atom is 1.00 e. The summed E-state index contributed by atoms with van der Waals surface area (Å²) in [6, 6.07) is 23.5. The molecule has 2 aromatic heterocycles. The molecule has 1 aliphatic heterocycles. The molecule has 0 radical (unpaired) electrons. The van der Waals surface area contributed by atoms with Crippen LogP contribution in [0.3, 0.4) is 0 Å². The van der Waals surface area contributed by atoms with Crippen molar-refractivity contribution in [3.63, 3.8) is 0 Å². The van der Waals surface area contributed by atoms with Crippen LogP contribution in [-0.4, -0.2) is 36.2 Å². The predicted octanol–water partition coefficient (Wildman–Crippen LogP) is -0.679. The summed E-state index contributed by atoms with van der Waals surface area (Å²) in [5, 5.41) is 26.6. The van der Waals surface area contributed by atoms with E-state index >= 15 is 0 Å². The van der Waals surface area contributed by atoms with Crippen LogP contribution in [0.4, 0.5) is 0 Å². The minimum atomic E-state index is -0.510. The number of hydrogen-bond donors (Lipinski definition) is 0. The van der Waals surface area contributed by atoms with Crippen LogP contribution in [0.25, 0.3) is 28.6 Å². The number of thioether (sulfide) groups is 1. The van der Waals surface area contributed by atoms with E-state index in [9.17, 15) is 9.90 Å². The van der Waals surface area contributed by atoms with E-state index in [0.717, 1.165) is 70.4 Å². The largest absolute Gasteiger partial charge is 1.00 e. The fourth-order valence-electron chi connectivity index (χ4n) is 4.86. The molecule has 3 heterocycles. The SMILES string of the molecule is CCCCc1nc(Cl)c(COc2ccc(/C=C3\SC([O-])=NC3=O)cc2)n1Cc1ccc(-c2ccccc2-c2nnn[n-]2)cc1.[K+].[K+]. The molecule has 0 saturated carbocycles. The van der Waals surface area contributed by atoms with E-state index in [1.165, 1.54) is 0 Å². The molecule has 0 fully saturated rings. The van der Waals surface area contributed by atoms with Gasteiger partial charge in [0.05, 0.1) is 10.6 Å². The smallest absolute Gasteiger partial charge is 0.853 e. The first kappa shape index (κ1) is 37.4. The monoisotopic (exact) mass is 701 g/mol. The average Bonchev–Trinajstić information content (AvgIpc) is 3.76. The zero-order chi connectivity index (χ0) is 30.5. The Bertz CT molecular complexity index is 1840. The number of unbranched alkanes of at least 4 members (excludes halogenated alkanes) is 1. The fraction of sp³-hybridized carbons (Fsp3) is 0.188. The molecule has 5 aromatic rings.